The van der Waals surface area contributed by atoms with Gasteiger partial charge >= 0.3 is 0 Å². The minimum atomic E-state index is -0.162. The largest absolute Gasteiger partial charge is 0.497 e. The second kappa shape index (κ2) is 7.96. The van der Waals surface area contributed by atoms with Gasteiger partial charge in [0.1, 0.15) is 11.5 Å². The van der Waals surface area contributed by atoms with E-state index in [4.69, 9.17) is 9.47 Å². The normalized spacial score (nSPS) is 10.6. The number of hydrogen-bond donors (Lipinski definition) is 1. The average Bonchev–Trinajstić information content (AvgIpc) is 3.28. The molecule has 136 valence electrons. The van der Waals surface area contributed by atoms with Crippen LogP contribution in [0.25, 0.3) is 0 Å². The molecule has 0 atom stereocenters. The molecule has 3 aromatic rings. The Morgan fingerprint density at radius 2 is 1.77 bits per heavy atom. The molecule has 0 spiro atoms. The number of thioether (sulfide) groups is 1. The zero-order chi connectivity index (χ0) is 18.5. The highest BCUT2D eigenvalue weighted by atomic mass is 32.2. The fourth-order valence-electron chi connectivity index (χ4n) is 2.36. The Labute approximate surface area is 155 Å². The van der Waals surface area contributed by atoms with Gasteiger partial charge in [-0.2, -0.15) is 0 Å². The van der Waals surface area contributed by atoms with Gasteiger partial charge in [-0.1, -0.05) is 11.8 Å². The molecule has 0 aliphatic heterocycles. The molecule has 0 saturated carbocycles. The number of carbonyl (C=O) groups is 1. The predicted molar refractivity (Wildman–Crippen MR) is 98.9 cm³/mol. The fourth-order valence-corrected chi connectivity index (χ4v) is 3.14. The monoisotopic (exact) mass is 373 g/mol. The number of nitrogens with zero attached hydrogens (tertiary/aromatic N) is 4. The molecule has 0 aliphatic rings. The molecule has 3 rings (SSSR count). The zero-order valence-corrected chi connectivity index (χ0v) is 15.5. The maximum absolute atomic E-state index is 12.3. The van der Waals surface area contributed by atoms with Gasteiger partial charge < -0.3 is 14.8 Å². The number of aromatic nitrogens is 4. The molecule has 0 radical (unpaired) electrons. The van der Waals surface area contributed by atoms with Crippen molar-refractivity contribution < 1.29 is 14.3 Å². The standard InChI is InChI=1S/C17H19N5O3S/c1-12-19-20-17(22(12)21-6-4-5-7-21)26-11-16(23)18-13-8-14(24-2)10-15(9-13)25-3/h4-10H,11H2,1-3H3,(H,18,23). The molecular formula is C17H19N5O3S. The maximum atomic E-state index is 12.3. The second-order valence-corrected chi connectivity index (χ2v) is 6.29. The molecule has 2 heterocycles. The highest BCUT2D eigenvalue weighted by Crippen LogP contribution is 2.26. The Kier molecular flexibility index (Phi) is 5.47. The van der Waals surface area contributed by atoms with Crippen molar-refractivity contribution in [1.29, 1.82) is 0 Å². The lowest BCUT2D eigenvalue weighted by molar-refractivity contribution is -0.113. The minimum Gasteiger partial charge on any atom is -0.497 e. The van der Waals surface area contributed by atoms with Crippen LogP contribution >= 0.6 is 11.8 Å². The van der Waals surface area contributed by atoms with Gasteiger partial charge in [0, 0.05) is 36.3 Å². The number of hydrogen-bond acceptors (Lipinski definition) is 6. The Morgan fingerprint density at radius 1 is 1.12 bits per heavy atom. The van der Waals surface area contributed by atoms with E-state index in [1.165, 1.54) is 11.8 Å². The summed E-state index contributed by atoms with van der Waals surface area (Å²) >= 11 is 1.31. The van der Waals surface area contributed by atoms with E-state index in [9.17, 15) is 4.79 Å². The third kappa shape index (κ3) is 3.99. The first-order chi connectivity index (χ1) is 12.6. The highest BCUT2D eigenvalue weighted by molar-refractivity contribution is 7.99. The molecule has 0 unspecified atom stereocenters. The van der Waals surface area contributed by atoms with Crippen LogP contribution < -0.4 is 14.8 Å². The van der Waals surface area contributed by atoms with Crippen LogP contribution in [0, 0.1) is 6.92 Å². The van der Waals surface area contributed by atoms with Crippen LogP contribution in [0.15, 0.2) is 47.9 Å². The number of methoxy groups -OCH3 is 2. The molecule has 26 heavy (non-hydrogen) atoms. The minimum absolute atomic E-state index is 0.162. The Balaban J connectivity index is 1.67. The molecular weight excluding hydrogens is 354 g/mol. The van der Waals surface area contributed by atoms with Crippen molar-refractivity contribution in [3.8, 4) is 11.5 Å². The Bertz CT molecular complexity index is 870. The van der Waals surface area contributed by atoms with Crippen LogP contribution in [-0.4, -0.2) is 45.4 Å². The molecule has 0 bridgehead atoms. The van der Waals surface area contributed by atoms with Gasteiger partial charge in [-0.3, -0.25) is 9.47 Å². The number of rotatable bonds is 7. The number of ether oxygens (including phenoxy) is 2. The summed E-state index contributed by atoms with van der Waals surface area (Å²) in [6.07, 6.45) is 3.78. The molecule has 0 fully saturated rings. The van der Waals surface area contributed by atoms with Crippen molar-refractivity contribution in [2.75, 3.05) is 25.3 Å². The van der Waals surface area contributed by atoms with Gasteiger partial charge in [-0.05, 0) is 19.1 Å². The smallest absolute Gasteiger partial charge is 0.234 e. The van der Waals surface area contributed by atoms with Crippen molar-refractivity contribution in [1.82, 2.24) is 19.5 Å². The molecule has 0 aliphatic carbocycles. The molecule has 1 N–H and O–H groups in total. The number of benzene rings is 1. The van der Waals surface area contributed by atoms with Crippen molar-refractivity contribution in [2.24, 2.45) is 0 Å². The lowest BCUT2D eigenvalue weighted by Gasteiger charge is -2.11. The van der Waals surface area contributed by atoms with Gasteiger partial charge in [-0.15, -0.1) is 10.2 Å². The van der Waals surface area contributed by atoms with E-state index in [1.54, 1.807) is 32.4 Å². The first-order valence-electron chi connectivity index (χ1n) is 7.82. The average molecular weight is 373 g/mol. The third-order valence-corrected chi connectivity index (χ3v) is 4.47. The van der Waals surface area contributed by atoms with Crippen LogP contribution in [0.5, 0.6) is 11.5 Å². The van der Waals surface area contributed by atoms with Gasteiger partial charge in [-0.25, -0.2) is 4.68 Å². The summed E-state index contributed by atoms with van der Waals surface area (Å²) in [5.74, 6) is 1.98. The topological polar surface area (TPSA) is 83.2 Å². The van der Waals surface area contributed by atoms with Crippen LogP contribution in [-0.2, 0) is 4.79 Å². The number of anilines is 1. The predicted octanol–water partition coefficient (Wildman–Crippen LogP) is 2.45. The lowest BCUT2D eigenvalue weighted by Crippen LogP contribution is -2.16. The molecule has 8 nitrogen and oxygen atoms in total. The molecule has 9 heteroatoms. The van der Waals surface area contributed by atoms with Gasteiger partial charge in [0.05, 0.1) is 20.0 Å². The SMILES string of the molecule is COc1cc(NC(=O)CSc2nnc(C)n2-n2cccc2)cc(OC)c1. The van der Waals surface area contributed by atoms with Gasteiger partial charge in [0.15, 0.2) is 5.82 Å². The van der Waals surface area contributed by atoms with Crippen LogP contribution in [0.1, 0.15) is 5.82 Å². The summed E-state index contributed by atoms with van der Waals surface area (Å²) in [5.41, 5.74) is 0.606. The lowest BCUT2D eigenvalue weighted by atomic mass is 10.2. The second-order valence-electron chi connectivity index (χ2n) is 5.34. The summed E-state index contributed by atoms with van der Waals surface area (Å²) in [5, 5.41) is 11.7. The van der Waals surface area contributed by atoms with Crippen LogP contribution in [0.2, 0.25) is 0 Å². The first-order valence-corrected chi connectivity index (χ1v) is 8.80. The van der Waals surface area contributed by atoms with E-state index >= 15 is 0 Å². The fraction of sp³-hybridized carbons (Fsp3) is 0.235. The number of amides is 1. The molecule has 0 saturated heterocycles. The summed E-state index contributed by atoms with van der Waals surface area (Å²) in [6.45, 7) is 1.86. The van der Waals surface area contributed by atoms with E-state index < -0.39 is 0 Å². The molecule has 1 amide bonds. The third-order valence-electron chi connectivity index (χ3n) is 3.56. The van der Waals surface area contributed by atoms with E-state index in [1.807, 2.05) is 40.8 Å². The Hall–Kier alpha value is -2.94. The Morgan fingerprint density at radius 3 is 2.38 bits per heavy atom. The van der Waals surface area contributed by atoms with Gasteiger partial charge in [0.2, 0.25) is 11.1 Å². The molecule has 2 aromatic heterocycles. The summed E-state index contributed by atoms with van der Waals surface area (Å²) in [7, 11) is 3.12. The summed E-state index contributed by atoms with van der Waals surface area (Å²) in [6, 6.07) is 9.04. The highest BCUT2D eigenvalue weighted by Gasteiger charge is 2.13. The summed E-state index contributed by atoms with van der Waals surface area (Å²) in [4.78, 5) is 12.3. The maximum Gasteiger partial charge on any atom is 0.234 e. The quantitative estimate of drug-likeness (QED) is 0.641. The van der Waals surface area contributed by atoms with Crippen molar-refractivity contribution >= 4 is 23.4 Å². The number of nitrogens with one attached hydrogen (secondary N) is 1. The zero-order valence-electron chi connectivity index (χ0n) is 14.7. The first kappa shape index (κ1) is 17.9. The number of carbonyl (C=O) groups excluding carboxylic acids is 1. The van der Waals surface area contributed by atoms with Crippen LogP contribution in [0.4, 0.5) is 5.69 Å². The van der Waals surface area contributed by atoms with Crippen molar-refractivity contribution in [3.05, 3.63) is 48.5 Å². The van der Waals surface area contributed by atoms with Crippen molar-refractivity contribution in [2.45, 2.75) is 12.1 Å². The van der Waals surface area contributed by atoms with Gasteiger partial charge in [0.25, 0.3) is 0 Å². The van der Waals surface area contributed by atoms with E-state index in [-0.39, 0.29) is 11.7 Å². The van der Waals surface area contributed by atoms with E-state index in [2.05, 4.69) is 15.5 Å². The van der Waals surface area contributed by atoms with E-state index in [0.29, 0.717) is 22.3 Å². The van der Waals surface area contributed by atoms with Crippen LogP contribution in [0.3, 0.4) is 0 Å². The number of aryl methyl sites for hydroxylation is 1. The molecule has 1 aromatic carbocycles. The van der Waals surface area contributed by atoms with E-state index in [0.717, 1.165) is 5.82 Å². The summed E-state index contributed by atoms with van der Waals surface area (Å²) < 4.78 is 14.1. The van der Waals surface area contributed by atoms with Crippen molar-refractivity contribution in [3.63, 3.8) is 0 Å².